The van der Waals surface area contributed by atoms with Crippen LogP contribution in [0.15, 0.2) is 30.5 Å². The molecule has 17 heavy (non-hydrogen) atoms. The highest BCUT2D eigenvalue weighted by atomic mass is 16.3. The number of para-hydroxylation sites is 1. The number of rotatable bonds is 4. The standard InChI is InChI=1S/C13H16N2O2/c1-15-8-10(6-7-14-13(17)9-16)11-4-2-3-5-12(11)15/h2-5,8,16H,6-7,9H2,1H3,(H,14,17). The molecule has 2 N–H and O–H groups in total. The first kappa shape index (κ1) is 11.7. The van der Waals surface area contributed by atoms with Crippen molar-refractivity contribution in [2.45, 2.75) is 6.42 Å². The Bertz CT molecular complexity index is 531. The van der Waals surface area contributed by atoms with Crippen LogP contribution in [0.1, 0.15) is 5.56 Å². The number of fused-ring (bicyclic) bond motifs is 1. The van der Waals surface area contributed by atoms with E-state index in [2.05, 4.69) is 28.2 Å². The zero-order chi connectivity index (χ0) is 12.3. The molecule has 2 rings (SSSR count). The number of hydrogen-bond donors (Lipinski definition) is 2. The molecule has 0 saturated carbocycles. The molecule has 0 aliphatic carbocycles. The molecule has 1 heterocycles. The van der Waals surface area contributed by atoms with E-state index in [9.17, 15) is 4.79 Å². The minimum absolute atomic E-state index is 0.328. The average Bonchev–Trinajstić information content (AvgIpc) is 2.67. The van der Waals surface area contributed by atoms with Crippen molar-refractivity contribution in [1.82, 2.24) is 9.88 Å². The van der Waals surface area contributed by atoms with Gasteiger partial charge in [-0.15, -0.1) is 0 Å². The summed E-state index contributed by atoms with van der Waals surface area (Å²) < 4.78 is 2.08. The molecule has 0 spiro atoms. The number of benzene rings is 1. The van der Waals surface area contributed by atoms with Crippen molar-refractivity contribution in [3.8, 4) is 0 Å². The van der Waals surface area contributed by atoms with Crippen molar-refractivity contribution in [3.63, 3.8) is 0 Å². The van der Waals surface area contributed by atoms with Gasteiger partial charge in [0, 0.05) is 30.7 Å². The van der Waals surface area contributed by atoms with Gasteiger partial charge in [0.15, 0.2) is 0 Å². The highest BCUT2D eigenvalue weighted by Crippen LogP contribution is 2.20. The maximum atomic E-state index is 10.9. The molecular formula is C13H16N2O2. The van der Waals surface area contributed by atoms with Gasteiger partial charge >= 0.3 is 0 Å². The van der Waals surface area contributed by atoms with E-state index in [4.69, 9.17) is 5.11 Å². The predicted octanol–water partition coefficient (Wildman–Crippen LogP) is 0.829. The van der Waals surface area contributed by atoms with Crippen molar-refractivity contribution in [2.75, 3.05) is 13.2 Å². The third-order valence-electron chi connectivity index (χ3n) is 2.84. The minimum atomic E-state index is -0.449. The first-order chi connectivity index (χ1) is 8.22. The molecule has 1 amide bonds. The second-order valence-corrected chi connectivity index (χ2v) is 4.04. The molecule has 0 atom stereocenters. The SMILES string of the molecule is Cn1cc(CCNC(=O)CO)c2ccccc21. The predicted molar refractivity (Wildman–Crippen MR) is 66.7 cm³/mol. The summed E-state index contributed by atoms with van der Waals surface area (Å²) in [7, 11) is 2.01. The summed E-state index contributed by atoms with van der Waals surface area (Å²) >= 11 is 0. The van der Waals surface area contributed by atoms with Crippen molar-refractivity contribution >= 4 is 16.8 Å². The zero-order valence-corrected chi connectivity index (χ0v) is 9.81. The Kier molecular flexibility index (Phi) is 3.44. The van der Waals surface area contributed by atoms with E-state index in [-0.39, 0.29) is 5.91 Å². The van der Waals surface area contributed by atoms with E-state index in [0.717, 1.165) is 6.42 Å². The Morgan fingerprint density at radius 3 is 2.94 bits per heavy atom. The molecule has 0 aliphatic heterocycles. The second kappa shape index (κ2) is 5.01. The zero-order valence-electron chi connectivity index (χ0n) is 9.81. The molecule has 4 nitrogen and oxygen atoms in total. The van der Waals surface area contributed by atoms with Gasteiger partial charge < -0.3 is 15.0 Å². The lowest BCUT2D eigenvalue weighted by atomic mass is 10.1. The number of aryl methyl sites for hydroxylation is 1. The number of nitrogens with one attached hydrogen (secondary N) is 1. The molecule has 0 bridgehead atoms. The van der Waals surface area contributed by atoms with Gasteiger partial charge in [-0.05, 0) is 18.1 Å². The van der Waals surface area contributed by atoms with Crippen LogP contribution in [0.2, 0.25) is 0 Å². The van der Waals surface area contributed by atoms with Gasteiger partial charge in [0.1, 0.15) is 6.61 Å². The molecule has 1 aromatic heterocycles. The van der Waals surface area contributed by atoms with E-state index in [1.165, 1.54) is 16.5 Å². The molecule has 0 fully saturated rings. The number of hydrogen-bond acceptors (Lipinski definition) is 2. The quantitative estimate of drug-likeness (QED) is 0.820. The van der Waals surface area contributed by atoms with Gasteiger partial charge in [0.2, 0.25) is 5.91 Å². The van der Waals surface area contributed by atoms with E-state index in [0.29, 0.717) is 6.54 Å². The van der Waals surface area contributed by atoms with Crippen molar-refractivity contribution in [2.24, 2.45) is 7.05 Å². The smallest absolute Gasteiger partial charge is 0.245 e. The Balaban J connectivity index is 2.11. The van der Waals surface area contributed by atoms with E-state index < -0.39 is 6.61 Å². The monoisotopic (exact) mass is 232 g/mol. The number of aliphatic hydroxyl groups is 1. The maximum absolute atomic E-state index is 10.9. The maximum Gasteiger partial charge on any atom is 0.245 e. The first-order valence-corrected chi connectivity index (χ1v) is 5.63. The fourth-order valence-electron chi connectivity index (χ4n) is 2.02. The summed E-state index contributed by atoms with van der Waals surface area (Å²) in [6.07, 6.45) is 2.85. The van der Waals surface area contributed by atoms with Crippen LogP contribution in [-0.2, 0) is 18.3 Å². The average molecular weight is 232 g/mol. The van der Waals surface area contributed by atoms with Crippen molar-refractivity contribution in [1.29, 1.82) is 0 Å². The minimum Gasteiger partial charge on any atom is -0.387 e. The fourth-order valence-corrected chi connectivity index (χ4v) is 2.02. The number of aliphatic hydroxyl groups excluding tert-OH is 1. The lowest BCUT2D eigenvalue weighted by Crippen LogP contribution is -2.28. The summed E-state index contributed by atoms with van der Waals surface area (Å²) in [5.41, 5.74) is 2.40. The topological polar surface area (TPSA) is 54.3 Å². The Hall–Kier alpha value is -1.81. The van der Waals surface area contributed by atoms with Gasteiger partial charge in [-0.3, -0.25) is 4.79 Å². The van der Waals surface area contributed by atoms with Crippen LogP contribution in [0.25, 0.3) is 10.9 Å². The highest BCUT2D eigenvalue weighted by Gasteiger charge is 2.05. The summed E-state index contributed by atoms with van der Waals surface area (Å²) in [4.78, 5) is 10.9. The van der Waals surface area contributed by atoms with Gasteiger partial charge in [-0.1, -0.05) is 18.2 Å². The second-order valence-electron chi connectivity index (χ2n) is 4.04. The Labute approximate surface area is 99.9 Å². The van der Waals surface area contributed by atoms with Crippen LogP contribution in [0.5, 0.6) is 0 Å². The van der Waals surface area contributed by atoms with E-state index in [1.54, 1.807) is 0 Å². The normalized spacial score (nSPS) is 10.7. The van der Waals surface area contributed by atoms with Gasteiger partial charge in [-0.25, -0.2) is 0 Å². The van der Waals surface area contributed by atoms with Crippen LogP contribution >= 0.6 is 0 Å². The van der Waals surface area contributed by atoms with Crippen molar-refractivity contribution < 1.29 is 9.90 Å². The van der Waals surface area contributed by atoms with Crippen LogP contribution in [0, 0.1) is 0 Å². The molecule has 0 aliphatic rings. The summed E-state index contributed by atoms with van der Waals surface area (Å²) in [5, 5.41) is 12.5. The molecule has 90 valence electrons. The largest absolute Gasteiger partial charge is 0.387 e. The van der Waals surface area contributed by atoms with Crippen LogP contribution in [0.4, 0.5) is 0 Å². The highest BCUT2D eigenvalue weighted by molar-refractivity contribution is 5.84. The fraction of sp³-hybridized carbons (Fsp3) is 0.308. The van der Waals surface area contributed by atoms with Gasteiger partial charge in [-0.2, -0.15) is 0 Å². The summed E-state index contributed by atoms with van der Waals surface area (Å²) in [6.45, 7) is 0.100. The third-order valence-corrected chi connectivity index (χ3v) is 2.84. The molecule has 0 radical (unpaired) electrons. The molecule has 0 saturated heterocycles. The molecule has 4 heteroatoms. The van der Waals surface area contributed by atoms with E-state index >= 15 is 0 Å². The number of carbonyl (C=O) groups is 1. The number of nitrogens with zero attached hydrogens (tertiary/aromatic N) is 1. The number of amides is 1. The Morgan fingerprint density at radius 2 is 2.18 bits per heavy atom. The Morgan fingerprint density at radius 1 is 1.41 bits per heavy atom. The van der Waals surface area contributed by atoms with Gasteiger partial charge in [0.05, 0.1) is 0 Å². The van der Waals surface area contributed by atoms with Crippen LogP contribution in [-0.4, -0.2) is 28.7 Å². The summed E-state index contributed by atoms with van der Waals surface area (Å²) in [5.74, 6) is -0.328. The van der Waals surface area contributed by atoms with Crippen LogP contribution < -0.4 is 5.32 Å². The van der Waals surface area contributed by atoms with Crippen molar-refractivity contribution in [3.05, 3.63) is 36.0 Å². The molecule has 1 aromatic carbocycles. The van der Waals surface area contributed by atoms with E-state index in [1.807, 2.05) is 19.2 Å². The van der Waals surface area contributed by atoms with Gasteiger partial charge in [0.25, 0.3) is 0 Å². The molecule has 0 unspecified atom stereocenters. The third kappa shape index (κ3) is 2.47. The summed E-state index contributed by atoms with van der Waals surface area (Å²) in [6, 6.07) is 8.18. The lowest BCUT2D eigenvalue weighted by Gasteiger charge is -2.01. The molecular weight excluding hydrogens is 216 g/mol. The first-order valence-electron chi connectivity index (χ1n) is 5.63. The number of carbonyl (C=O) groups excluding carboxylic acids is 1. The number of aromatic nitrogens is 1. The lowest BCUT2D eigenvalue weighted by molar-refractivity contribution is -0.123. The van der Waals surface area contributed by atoms with Crippen LogP contribution in [0.3, 0.4) is 0 Å². The molecule has 2 aromatic rings.